The summed E-state index contributed by atoms with van der Waals surface area (Å²) in [5.41, 5.74) is 0.852. The maximum Gasteiger partial charge on any atom is 0.193 e. The van der Waals surface area contributed by atoms with Crippen LogP contribution in [0.2, 0.25) is 5.02 Å². The SMILES string of the molecule is COc1ccc(C(=O)c2ccc(F)cc2)cc1Cl. The molecule has 0 aliphatic heterocycles. The normalized spacial score (nSPS) is 10.2. The van der Waals surface area contributed by atoms with Gasteiger partial charge in [-0.1, -0.05) is 11.6 Å². The minimum atomic E-state index is -0.376. The predicted octanol–water partition coefficient (Wildman–Crippen LogP) is 3.72. The number of ether oxygens (including phenoxy) is 1. The van der Waals surface area contributed by atoms with Crippen LogP contribution in [0.15, 0.2) is 42.5 Å². The third-order valence-corrected chi connectivity index (χ3v) is 2.82. The molecule has 2 nitrogen and oxygen atoms in total. The largest absolute Gasteiger partial charge is 0.495 e. The Labute approximate surface area is 109 Å². The van der Waals surface area contributed by atoms with Crippen LogP contribution in [0, 0.1) is 5.82 Å². The van der Waals surface area contributed by atoms with Gasteiger partial charge >= 0.3 is 0 Å². The van der Waals surface area contributed by atoms with E-state index in [-0.39, 0.29) is 11.6 Å². The van der Waals surface area contributed by atoms with Gasteiger partial charge in [0.1, 0.15) is 11.6 Å². The van der Waals surface area contributed by atoms with Gasteiger partial charge in [-0.25, -0.2) is 4.39 Å². The van der Waals surface area contributed by atoms with Gasteiger partial charge < -0.3 is 4.74 Å². The van der Waals surface area contributed by atoms with E-state index in [0.717, 1.165) is 0 Å². The zero-order valence-corrected chi connectivity index (χ0v) is 10.4. The van der Waals surface area contributed by atoms with E-state index in [2.05, 4.69) is 0 Å². The highest BCUT2D eigenvalue weighted by Crippen LogP contribution is 2.26. The third kappa shape index (κ3) is 2.51. The van der Waals surface area contributed by atoms with Crippen LogP contribution in [0.3, 0.4) is 0 Å². The van der Waals surface area contributed by atoms with Crippen LogP contribution in [0.25, 0.3) is 0 Å². The van der Waals surface area contributed by atoms with Crippen LogP contribution in [-0.2, 0) is 0 Å². The van der Waals surface area contributed by atoms with Crippen molar-refractivity contribution in [3.63, 3.8) is 0 Å². The molecule has 0 aliphatic rings. The fraction of sp³-hybridized carbons (Fsp3) is 0.0714. The van der Waals surface area contributed by atoms with Crippen molar-refractivity contribution in [2.75, 3.05) is 7.11 Å². The van der Waals surface area contributed by atoms with E-state index in [1.165, 1.54) is 37.4 Å². The van der Waals surface area contributed by atoms with E-state index in [1.54, 1.807) is 12.1 Å². The summed E-state index contributed by atoms with van der Waals surface area (Å²) in [6.07, 6.45) is 0. The summed E-state index contributed by atoms with van der Waals surface area (Å²) in [5.74, 6) is -0.0776. The molecule has 18 heavy (non-hydrogen) atoms. The van der Waals surface area contributed by atoms with E-state index in [4.69, 9.17) is 16.3 Å². The number of hydrogen-bond donors (Lipinski definition) is 0. The molecule has 0 amide bonds. The number of ketones is 1. The Morgan fingerprint density at radius 3 is 2.28 bits per heavy atom. The first-order chi connectivity index (χ1) is 8.61. The van der Waals surface area contributed by atoms with Crippen molar-refractivity contribution in [2.45, 2.75) is 0 Å². The molecule has 0 aliphatic carbocycles. The van der Waals surface area contributed by atoms with Crippen LogP contribution in [0.1, 0.15) is 15.9 Å². The molecule has 0 heterocycles. The van der Waals surface area contributed by atoms with Crippen molar-refractivity contribution in [1.29, 1.82) is 0 Å². The van der Waals surface area contributed by atoms with Gasteiger partial charge in [-0.05, 0) is 42.5 Å². The molecule has 0 aromatic heterocycles. The van der Waals surface area contributed by atoms with Crippen molar-refractivity contribution in [2.24, 2.45) is 0 Å². The highest BCUT2D eigenvalue weighted by molar-refractivity contribution is 6.32. The second-order valence-electron chi connectivity index (χ2n) is 3.69. The second-order valence-corrected chi connectivity index (χ2v) is 4.09. The summed E-state index contributed by atoms with van der Waals surface area (Å²) >= 11 is 5.95. The topological polar surface area (TPSA) is 26.3 Å². The number of rotatable bonds is 3. The molecule has 92 valence electrons. The summed E-state index contributed by atoms with van der Waals surface area (Å²) in [6, 6.07) is 10.2. The molecule has 0 radical (unpaired) electrons. The molecule has 0 spiro atoms. The molecule has 4 heteroatoms. The van der Waals surface area contributed by atoms with Crippen molar-refractivity contribution in [3.05, 3.63) is 64.4 Å². The smallest absolute Gasteiger partial charge is 0.193 e. The number of carbonyl (C=O) groups is 1. The lowest BCUT2D eigenvalue weighted by Crippen LogP contribution is -2.01. The van der Waals surface area contributed by atoms with Gasteiger partial charge in [0.25, 0.3) is 0 Å². The Hall–Kier alpha value is -1.87. The maximum absolute atomic E-state index is 12.8. The van der Waals surface area contributed by atoms with E-state index in [0.29, 0.717) is 21.9 Å². The molecule has 0 atom stereocenters. The highest BCUT2D eigenvalue weighted by Gasteiger charge is 2.11. The van der Waals surface area contributed by atoms with Crippen LogP contribution < -0.4 is 4.74 Å². The summed E-state index contributed by atoms with van der Waals surface area (Å²) in [5, 5.41) is 0.366. The van der Waals surface area contributed by atoms with Gasteiger partial charge in [-0.3, -0.25) is 4.79 Å². The summed E-state index contributed by atoms with van der Waals surface area (Å²) < 4.78 is 17.8. The number of benzene rings is 2. The lowest BCUT2D eigenvalue weighted by molar-refractivity contribution is 0.103. The Bertz CT molecular complexity index is 579. The number of carbonyl (C=O) groups excluding carboxylic acids is 1. The van der Waals surface area contributed by atoms with Gasteiger partial charge in [0.05, 0.1) is 12.1 Å². The van der Waals surface area contributed by atoms with Crippen LogP contribution in [0.4, 0.5) is 4.39 Å². The third-order valence-electron chi connectivity index (χ3n) is 2.52. The zero-order chi connectivity index (χ0) is 13.1. The van der Waals surface area contributed by atoms with E-state index in [9.17, 15) is 9.18 Å². The molecule has 0 saturated heterocycles. The van der Waals surface area contributed by atoms with E-state index in [1.807, 2.05) is 0 Å². The van der Waals surface area contributed by atoms with Crippen LogP contribution in [-0.4, -0.2) is 12.9 Å². The van der Waals surface area contributed by atoms with Gasteiger partial charge in [-0.15, -0.1) is 0 Å². The van der Waals surface area contributed by atoms with Gasteiger partial charge in [0.2, 0.25) is 0 Å². The predicted molar refractivity (Wildman–Crippen MR) is 67.8 cm³/mol. The molecule has 0 saturated carbocycles. The van der Waals surface area contributed by atoms with Crippen LogP contribution in [0.5, 0.6) is 5.75 Å². The molecule has 0 fully saturated rings. The Morgan fingerprint density at radius 1 is 1.11 bits per heavy atom. The van der Waals surface area contributed by atoms with Crippen molar-refractivity contribution < 1.29 is 13.9 Å². The lowest BCUT2D eigenvalue weighted by Gasteiger charge is -2.05. The molecule has 0 N–H and O–H groups in total. The van der Waals surface area contributed by atoms with Crippen molar-refractivity contribution in [1.82, 2.24) is 0 Å². The van der Waals surface area contributed by atoms with E-state index < -0.39 is 0 Å². The molecular formula is C14H10ClFO2. The molecule has 2 aromatic rings. The quantitative estimate of drug-likeness (QED) is 0.790. The Kier molecular flexibility index (Phi) is 3.63. The molecule has 2 rings (SSSR count). The van der Waals surface area contributed by atoms with Crippen molar-refractivity contribution in [3.8, 4) is 5.75 Å². The molecule has 2 aromatic carbocycles. The van der Waals surface area contributed by atoms with Gasteiger partial charge in [0.15, 0.2) is 5.78 Å². The van der Waals surface area contributed by atoms with E-state index >= 15 is 0 Å². The minimum absolute atomic E-state index is 0.209. The molecule has 0 unspecified atom stereocenters. The number of halogens is 2. The molecule has 0 bridgehead atoms. The first kappa shape index (κ1) is 12.6. The minimum Gasteiger partial charge on any atom is -0.495 e. The average Bonchev–Trinajstić information content (AvgIpc) is 2.38. The Balaban J connectivity index is 2.34. The standard InChI is InChI=1S/C14H10ClFO2/c1-18-13-7-4-10(8-12(13)15)14(17)9-2-5-11(16)6-3-9/h2-8H,1H3. The zero-order valence-electron chi connectivity index (χ0n) is 9.61. The summed E-state index contributed by atoms with van der Waals surface area (Å²) in [7, 11) is 1.50. The summed E-state index contributed by atoms with van der Waals surface area (Å²) in [4.78, 5) is 12.1. The van der Waals surface area contributed by atoms with Crippen LogP contribution >= 0.6 is 11.6 Å². The average molecular weight is 265 g/mol. The Morgan fingerprint density at radius 2 is 1.72 bits per heavy atom. The lowest BCUT2D eigenvalue weighted by atomic mass is 10.0. The van der Waals surface area contributed by atoms with Crippen molar-refractivity contribution >= 4 is 17.4 Å². The molecular weight excluding hydrogens is 255 g/mol. The fourth-order valence-corrected chi connectivity index (χ4v) is 1.83. The first-order valence-electron chi connectivity index (χ1n) is 5.25. The monoisotopic (exact) mass is 264 g/mol. The highest BCUT2D eigenvalue weighted by atomic mass is 35.5. The first-order valence-corrected chi connectivity index (χ1v) is 5.63. The van der Waals surface area contributed by atoms with Gasteiger partial charge in [0, 0.05) is 11.1 Å². The fourth-order valence-electron chi connectivity index (χ4n) is 1.58. The number of methoxy groups -OCH3 is 1. The summed E-state index contributed by atoms with van der Waals surface area (Å²) in [6.45, 7) is 0. The second kappa shape index (κ2) is 5.19. The van der Waals surface area contributed by atoms with Gasteiger partial charge in [-0.2, -0.15) is 0 Å². The number of hydrogen-bond acceptors (Lipinski definition) is 2. The maximum atomic E-state index is 12.8.